The predicted molar refractivity (Wildman–Crippen MR) is 126 cm³/mol. The summed E-state index contributed by atoms with van der Waals surface area (Å²) in [4.78, 5) is 11.3. The monoisotopic (exact) mass is 431 g/mol. The van der Waals surface area contributed by atoms with E-state index in [-0.39, 0.29) is 0 Å². The minimum atomic E-state index is -0.938. The number of carbonyl (C=O) groups is 1. The van der Waals surface area contributed by atoms with Crippen molar-refractivity contribution < 1.29 is 19.4 Å². The van der Waals surface area contributed by atoms with Crippen molar-refractivity contribution in [2.45, 2.75) is 38.7 Å². The number of aryl methyl sites for hydroxylation is 1. The molecule has 0 fully saturated rings. The Kier molecular flexibility index (Phi) is 7.07. The molecule has 2 N–H and O–H groups in total. The number of aliphatic carboxylic acids is 1. The number of rotatable bonds is 9. The normalized spacial score (nSPS) is 13.3. The zero-order valence-corrected chi connectivity index (χ0v) is 18.3. The Morgan fingerprint density at radius 3 is 2.56 bits per heavy atom. The van der Waals surface area contributed by atoms with Crippen LogP contribution >= 0.6 is 0 Å². The molecule has 5 heteroatoms. The summed E-state index contributed by atoms with van der Waals surface area (Å²) in [6.45, 7) is 2.76. The third-order valence-corrected chi connectivity index (χ3v) is 5.83. The lowest BCUT2D eigenvalue weighted by Gasteiger charge is -2.15. The van der Waals surface area contributed by atoms with Gasteiger partial charge in [-0.25, -0.2) is 4.79 Å². The molecule has 1 aliphatic heterocycles. The van der Waals surface area contributed by atoms with Gasteiger partial charge in [0.05, 0.1) is 6.61 Å². The Balaban J connectivity index is 1.35. The molecule has 3 aromatic carbocycles. The molecule has 1 atom stereocenters. The van der Waals surface area contributed by atoms with Gasteiger partial charge in [-0.15, -0.1) is 0 Å². The Morgan fingerprint density at radius 2 is 1.78 bits per heavy atom. The van der Waals surface area contributed by atoms with E-state index in [1.807, 2.05) is 24.3 Å². The van der Waals surface area contributed by atoms with Gasteiger partial charge in [0.15, 0.2) is 6.10 Å². The largest absolute Gasteiger partial charge is 0.493 e. The lowest BCUT2D eigenvalue weighted by Crippen LogP contribution is -2.26. The number of anilines is 2. The van der Waals surface area contributed by atoms with Gasteiger partial charge in [-0.3, -0.25) is 0 Å². The first kappa shape index (κ1) is 21.9. The summed E-state index contributed by atoms with van der Waals surface area (Å²) in [5, 5.41) is 12.8. The zero-order chi connectivity index (χ0) is 22.3. The number of carboxylic acids is 1. The van der Waals surface area contributed by atoms with E-state index in [1.165, 1.54) is 28.1 Å². The number of hydrogen-bond donors (Lipinski definition) is 2. The van der Waals surface area contributed by atoms with Crippen LogP contribution in [0.3, 0.4) is 0 Å². The summed E-state index contributed by atoms with van der Waals surface area (Å²) in [5.74, 6) is -0.156. The Bertz CT molecular complexity index is 1060. The molecule has 5 nitrogen and oxygen atoms in total. The first-order valence-corrected chi connectivity index (χ1v) is 11.2. The molecule has 0 spiro atoms. The molecular formula is C27H29NO4. The van der Waals surface area contributed by atoms with Crippen LogP contribution in [0.5, 0.6) is 5.75 Å². The molecule has 0 saturated heterocycles. The number of fused-ring (bicyclic) bond motifs is 2. The number of hydrogen-bond acceptors (Lipinski definition) is 4. The first-order chi connectivity index (χ1) is 15.6. The van der Waals surface area contributed by atoms with Gasteiger partial charge in [0.2, 0.25) is 0 Å². The lowest BCUT2D eigenvalue weighted by molar-refractivity contribution is -0.149. The highest BCUT2D eigenvalue weighted by atomic mass is 16.5. The molecule has 0 bridgehead atoms. The summed E-state index contributed by atoms with van der Waals surface area (Å²) in [7, 11) is 0. The minimum absolute atomic E-state index is 0.342. The molecule has 0 aromatic heterocycles. The number of nitrogens with one attached hydrogen (secondary N) is 1. The molecular weight excluding hydrogens is 402 g/mol. The van der Waals surface area contributed by atoms with E-state index in [0.717, 1.165) is 30.6 Å². The van der Waals surface area contributed by atoms with E-state index in [0.29, 0.717) is 19.6 Å². The van der Waals surface area contributed by atoms with E-state index >= 15 is 0 Å². The van der Waals surface area contributed by atoms with E-state index in [9.17, 15) is 9.90 Å². The first-order valence-electron chi connectivity index (χ1n) is 11.2. The Labute approximate surface area is 189 Å². The quantitative estimate of drug-likeness (QED) is 0.488. The van der Waals surface area contributed by atoms with Crippen molar-refractivity contribution in [3.63, 3.8) is 0 Å². The molecule has 166 valence electrons. The van der Waals surface area contributed by atoms with Gasteiger partial charge in [-0.2, -0.15) is 0 Å². The van der Waals surface area contributed by atoms with Crippen LogP contribution in [0, 0.1) is 0 Å². The minimum Gasteiger partial charge on any atom is -0.493 e. The van der Waals surface area contributed by atoms with Gasteiger partial charge in [0.1, 0.15) is 5.75 Å². The predicted octanol–water partition coefficient (Wildman–Crippen LogP) is 5.18. The maximum absolute atomic E-state index is 11.3. The van der Waals surface area contributed by atoms with Crippen molar-refractivity contribution in [1.82, 2.24) is 0 Å². The summed E-state index contributed by atoms with van der Waals surface area (Å²) >= 11 is 0. The number of carboxylic acid groups (broad SMARTS) is 1. The van der Waals surface area contributed by atoms with Gasteiger partial charge < -0.3 is 19.9 Å². The van der Waals surface area contributed by atoms with E-state index in [1.54, 1.807) is 6.92 Å². The smallest absolute Gasteiger partial charge is 0.333 e. The molecule has 32 heavy (non-hydrogen) atoms. The van der Waals surface area contributed by atoms with Gasteiger partial charge in [0.25, 0.3) is 0 Å². The maximum Gasteiger partial charge on any atom is 0.333 e. The van der Waals surface area contributed by atoms with Crippen LogP contribution in [0.25, 0.3) is 0 Å². The molecule has 1 aliphatic rings. The van der Waals surface area contributed by atoms with Crippen LogP contribution in [0.2, 0.25) is 0 Å². The maximum atomic E-state index is 11.3. The molecule has 0 radical (unpaired) electrons. The number of para-hydroxylation sites is 1. The topological polar surface area (TPSA) is 67.8 Å². The second kappa shape index (κ2) is 10.3. The highest BCUT2D eigenvalue weighted by Gasteiger charge is 2.18. The second-order valence-electron chi connectivity index (χ2n) is 7.95. The fourth-order valence-corrected chi connectivity index (χ4v) is 4.18. The fraction of sp³-hybridized carbons (Fsp3) is 0.296. The fourth-order valence-electron chi connectivity index (χ4n) is 4.18. The SMILES string of the molecule is CCOC(Cc1ccc(OCCc2cccc3c2CCc2ccccc2N3)cc1)C(=O)O. The van der Waals surface area contributed by atoms with Gasteiger partial charge in [-0.05, 0) is 66.3 Å². The third-order valence-electron chi connectivity index (χ3n) is 5.83. The van der Waals surface area contributed by atoms with Crippen molar-refractivity contribution in [3.05, 3.63) is 89.0 Å². The van der Waals surface area contributed by atoms with Crippen LogP contribution in [0.4, 0.5) is 11.4 Å². The standard InChI is InChI=1S/C27H29NO4/c1-2-31-26(27(29)30)18-19-10-13-22(14-11-19)32-17-16-20-7-5-9-25-23(20)15-12-21-6-3-4-8-24(21)28-25/h3-11,13-14,26,28H,2,12,15-18H2,1H3,(H,29,30). The van der Waals surface area contributed by atoms with Crippen molar-refractivity contribution in [2.75, 3.05) is 18.5 Å². The van der Waals surface area contributed by atoms with Gasteiger partial charge >= 0.3 is 5.97 Å². The lowest BCUT2D eigenvalue weighted by atomic mass is 9.98. The number of ether oxygens (including phenoxy) is 2. The molecule has 0 saturated carbocycles. The average molecular weight is 432 g/mol. The van der Waals surface area contributed by atoms with E-state index < -0.39 is 12.1 Å². The van der Waals surface area contributed by atoms with E-state index in [2.05, 4.69) is 47.8 Å². The zero-order valence-electron chi connectivity index (χ0n) is 18.3. The molecule has 1 heterocycles. The number of benzene rings is 3. The summed E-state index contributed by atoms with van der Waals surface area (Å²) in [6, 6.07) is 22.5. The molecule has 0 amide bonds. The molecule has 0 aliphatic carbocycles. The highest BCUT2D eigenvalue weighted by molar-refractivity contribution is 5.72. The average Bonchev–Trinajstić information content (AvgIpc) is 2.99. The summed E-state index contributed by atoms with van der Waals surface area (Å²) in [5.41, 5.74) is 7.30. The van der Waals surface area contributed by atoms with Gasteiger partial charge in [-0.1, -0.05) is 42.5 Å². The Morgan fingerprint density at radius 1 is 1.00 bits per heavy atom. The van der Waals surface area contributed by atoms with Crippen LogP contribution in [-0.2, 0) is 35.2 Å². The summed E-state index contributed by atoms with van der Waals surface area (Å²) in [6.07, 6.45) is 2.38. The highest BCUT2D eigenvalue weighted by Crippen LogP contribution is 2.32. The van der Waals surface area contributed by atoms with Crippen molar-refractivity contribution in [1.29, 1.82) is 0 Å². The van der Waals surface area contributed by atoms with Crippen LogP contribution in [-0.4, -0.2) is 30.4 Å². The molecule has 1 unspecified atom stereocenters. The second-order valence-corrected chi connectivity index (χ2v) is 7.95. The van der Waals surface area contributed by atoms with Crippen molar-refractivity contribution in [3.8, 4) is 5.75 Å². The van der Waals surface area contributed by atoms with Crippen LogP contribution in [0.15, 0.2) is 66.7 Å². The van der Waals surface area contributed by atoms with Crippen molar-refractivity contribution >= 4 is 17.3 Å². The molecule has 4 rings (SSSR count). The van der Waals surface area contributed by atoms with E-state index in [4.69, 9.17) is 9.47 Å². The van der Waals surface area contributed by atoms with Crippen LogP contribution < -0.4 is 10.1 Å². The summed E-state index contributed by atoms with van der Waals surface area (Å²) < 4.78 is 11.3. The van der Waals surface area contributed by atoms with Crippen molar-refractivity contribution in [2.24, 2.45) is 0 Å². The molecule has 3 aromatic rings. The third kappa shape index (κ3) is 5.29. The van der Waals surface area contributed by atoms with Gasteiger partial charge in [0, 0.05) is 30.8 Å². The Hall–Kier alpha value is -3.31. The van der Waals surface area contributed by atoms with Crippen LogP contribution in [0.1, 0.15) is 29.2 Å².